The van der Waals surface area contributed by atoms with Crippen molar-refractivity contribution in [1.82, 2.24) is 9.55 Å². The molecule has 0 radical (unpaired) electrons. The molecule has 1 heterocycles. The van der Waals surface area contributed by atoms with Gasteiger partial charge in [-0.25, -0.2) is 18.1 Å². The lowest BCUT2D eigenvalue weighted by Gasteiger charge is -2.11. The van der Waals surface area contributed by atoms with Crippen molar-refractivity contribution in [2.45, 2.75) is 11.8 Å². The Hall–Kier alpha value is -2.31. The minimum atomic E-state index is -3.71. The number of anilines is 1. The number of hydrogen-bond donors (Lipinski definition) is 1. The predicted octanol–water partition coefficient (Wildman–Crippen LogP) is 3.63. The van der Waals surface area contributed by atoms with E-state index in [4.69, 9.17) is 11.6 Å². The van der Waals surface area contributed by atoms with Gasteiger partial charge in [0.2, 0.25) is 5.95 Å². The first-order valence-corrected chi connectivity index (χ1v) is 8.70. The first-order valence-electron chi connectivity index (χ1n) is 6.84. The van der Waals surface area contributed by atoms with Crippen LogP contribution in [0.4, 0.5) is 5.95 Å². The zero-order chi connectivity index (χ0) is 16.4. The van der Waals surface area contributed by atoms with E-state index in [2.05, 4.69) is 9.71 Å². The number of halogens is 1. The second-order valence-electron chi connectivity index (χ2n) is 5.02. The molecule has 0 saturated carbocycles. The number of rotatable bonds is 4. The molecule has 0 fully saturated rings. The number of hydrogen-bond acceptors (Lipinski definition) is 3. The third-order valence-corrected chi connectivity index (χ3v) is 4.86. The van der Waals surface area contributed by atoms with Crippen LogP contribution in [0.5, 0.6) is 0 Å². The Morgan fingerprint density at radius 1 is 1.13 bits per heavy atom. The highest BCUT2D eigenvalue weighted by Gasteiger charge is 2.17. The first kappa shape index (κ1) is 15.6. The summed E-state index contributed by atoms with van der Waals surface area (Å²) < 4.78 is 29.1. The maximum atomic E-state index is 12.5. The van der Waals surface area contributed by atoms with Crippen molar-refractivity contribution in [1.29, 1.82) is 0 Å². The number of sulfonamides is 1. The molecule has 5 nitrogen and oxygen atoms in total. The molecule has 3 aromatic rings. The van der Waals surface area contributed by atoms with Gasteiger partial charge in [-0.1, -0.05) is 35.4 Å². The lowest BCUT2D eigenvalue weighted by atomic mass is 10.2. The molecular formula is C16H14ClN3O2S. The zero-order valence-corrected chi connectivity index (χ0v) is 13.8. The Kier molecular flexibility index (Phi) is 4.11. The van der Waals surface area contributed by atoms with Gasteiger partial charge in [-0.15, -0.1) is 0 Å². The van der Waals surface area contributed by atoms with Crippen molar-refractivity contribution in [2.24, 2.45) is 0 Å². The highest BCUT2D eigenvalue weighted by molar-refractivity contribution is 7.92. The van der Waals surface area contributed by atoms with E-state index in [1.807, 2.05) is 13.0 Å². The summed E-state index contributed by atoms with van der Waals surface area (Å²) in [5.41, 5.74) is 1.71. The van der Waals surface area contributed by atoms with E-state index in [-0.39, 0.29) is 10.8 Å². The topological polar surface area (TPSA) is 64.0 Å². The van der Waals surface area contributed by atoms with Crippen LogP contribution in [0, 0.1) is 6.92 Å². The van der Waals surface area contributed by atoms with E-state index in [1.54, 1.807) is 53.2 Å². The fraction of sp³-hybridized carbons (Fsp3) is 0.0625. The van der Waals surface area contributed by atoms with Crippen LogP contribution in [0.15, 0.2) is 65.8 Å². The minimum absolute atomic E-state index is 0.184. The van der Waals surface area contributed by atoms with Crippen molar-refractivity contribution in [2.75, 3.05) is 4.72 Å². The lowest BCUT2D eigenvalue weighted by Crippen LogP contribution is -2.16. The Balaban J connectivity index is 1.95. The van der Waals surface area contributed by atoms with Gasteiger partial charge in [-0.3, -0.25) is 4.57 Å². The van der Waals surface area contributed by atoms with E-state index in [9.17, 15) is 8.42 Å². The normalized spacial score (nSPS) is 11.4. The van der Waals surface area contributed by atoms with Crippen LogP contribution in [0.2, 0.25) is 5.02 Å². The van der Waals surface area contributed by atoms with Gasteiger partial charge in [0, 0.05) is 23.1 Å². The van der Waals surface area contributed by atoms with E-state index in [1.165, 1.54) is 6.20 Å². The van der Waals surface area contributed by atoms with Gasteiger partial charge < -0.3 is 0 Å². The van der Waals surface area contributed by atoms with Gasteiger partial charge in [0.1, 0.15) is 0 Å². The van der Waals surface area contributed by atoms with Crippen LogP contribution in [-0.4, -0.2) is 18.0 Å². The van der Waals surface area contributed by atoms with Gasteiger partial charge in [-0.2, -0.15) is 0 Å². The molecule has 0 saturated heterocycles. The first-order chi connectivity index (χ1) is 11.0. The molecule has 0 atom stereocenters. The molecular weight excluding hydrogens is 334 g/mol. The van der Waals surface area contributed by atoms with Crippen molar-refractivity contribution < 1.29 is 8.42 Å². The number of nitrogens with zero attached hydrogens (tertiary/aromatic N) is 2. The summed E-state index contributed by atoms with van der Waals surface area (Å²) in [6.45, 7) is 1.90. The number of imidazole rings is 1. The average molecular weight is 348 g/mol. The maximum absolute atomic E-state index is 12.5. The summed E-state index contributed by atoms with van der Waals surface area (Å²) in [4.78, 5) is 4.26. The zero-order valence-electron chi connectivity index (χ0n) is 12.3. The molecule has 1 aromatic heterocycles. The molecule has 2 aromatic carbocycles. The molecule has 0 aliphatic heterocycles. The van der Waals surface area contributed by atoms with Gasteiger partial charge in [0.25, 0.3) is 10.0 Å². The second kappa shape index (κ2) is 6.06. The lowest BCUT2D eigenvalue weighted by molar-refractivity contribution is 0.600. The summed E-state index contributed by atoms with van der Waals surface area (Å²) in [7, 11) is -3.71. The molecule has 0 amide bonds. The van der Waals surface area contributed by atoms with Crippen LogP contribution in [0.25, 0.3) is 5.69 Å². The molecule has 0 aliphatic rings. The van der Waals surface area contributed by atoms with Crippen LogP contribution < -0.4 is 4.72 Å². The molecule has 0 unspecified atom stereocenters. The van der Waals surface area contributed by atoms with E-state index < -0.39 is 10.0 Å². The van der Waals surface area contributed by atoms with Gasteiger partial charge in [0.15, 0.2) is 0 Å². The van der Waals surface area contributed by atoms with Crippen LogP contribution in [-0.2, 0) is 10.0 Å². The Bertz CT molecular complexity index is 934. The molecule has 0 spiro atoms. The second-order valence-corrected chi connectivity index (χ2v) is 7.14. The van der Waals surface area contributed by atoms with Crippen molar-refractivity contribution in [3.05, 3.63) is 71.5 Å². The Morgan fingerprint density at radius 3 is 2.57 bits per heavy atom. The van der Waals surface area contributed by atoms with E-state index in [0.29, 0.717) is 5.02 Å². The standard InChI is InChI=1S/C16H14ClN3O2S/c1-12-5-7-15(8-6-12)23(21,22)19-16-18-9-10-20(16)14-4-2-3-13(17)11-14/h2-11H,1H3,(H,18,19). The number of nitrogens with one attached hydrogen (secondary N) is 1. The summed E-state index contributed by atoms with van der Waals surface area (Å²) in [5, 5.41) is 0.559. The third kappa shape index (κ3) is 3.38. The highest BCUT2D eigenvalue weighted by Crippen LogP contribution is 2.21. The van der Waals surface area contributed by atoms with Crippen LogP contribution >= 0.6 is 11.6 Å². The van der Waals surface area contributed by atoms with Gasteiger partial charge in [0.05, 0.1) is 4.90 Å². The predicted molar refractivity (Wildman–Crippen MR) is 90.6 cm³/mol. The molecule has 1 N–H and O–H groups in total. The number of benzene rings is 2. The SMILES string of the molecule is Cc1ccc(S(=O)(=O)Nc2nccn2-c2cccc(Cl)c2)cc1. The monoisotopic (exact) mass is 347 g/mol. The average Bonchev–Trinajstić information content (AvgIpc) is 2.95. The molecule has 23 heavy (non-hydrogen) atoms. The number of aromatic nitrogens is 2. The van der Waals surface area contributed by atoms with E-state index in [0.717, 1.165) is 11.3 Å². The summed E-state index contributed by atoms with van der Waals surface area (Å²) in [5.74, 6) is 0.202. The Labute approximate surface area is 139 Å². The maximum Gasteiger partial charge on any atom is 0.264 e. The van der Waals surface area contributed by atoms with Gasteiger partial charge >= 0.3 is 0 Å². The van der Waals surface area contributed by atoms with Crippen molar-refractivity contribution >= 4 is 27.6 Å². The molecule has 118 valence electrons. The molecule has 0 bridgehead atoms. The van der Waals surface area contributed by atoms with Crippen molar-refractivity contribution in [3.63, 3.8) is 0 Å². The van der Waals surface area contributed by atoms with Crippen LogP contribution in [0.3, 0.4) is 0 Å². The largest absolute Gasteiger partial charge is 0.285 e. The summed E-state index contributed by atoms with van der Waals surface area (Å²) in [6, 6.07) is 13.7. The highest BCUT2D eigenvalue weighted by atomic mass is 35.5. The molecule has 7 heteroatoms. The summed E-state index contributed by atoms with van der Waals surface area (Å²) in [6.07, 6.45) is 3.19. The molecule has 3 rings (SSSR count). The third-order valence-electron chi connectivity index (χ3n) is 3.28. The van der Waals surface area contributed by atoms with Crippen LogP contribution in [0.1, 0.15) is 5.56 Å². The Morgan fingerprint density at radius 2 is 1.87 bits per heavy atom. The fourth-order valence-electron chi connectivity index (χ4n) is 2.11. The molecule has 0 aliphatic carbocycles. The number of aryl methyl sites for hydroxylation is 1. The smallest absolute Gasteiger partial charge is 0.264 e. The van der Waals surface area contributed by atoms with E-state index >= 15 is 0 Å². The summed E-state index contributed by atoms with van der Waals surface area (Å²) >= 11 is 5.99. The van der Waals surface area contributed by atoms with Gasteiger partial charge in [-0.05, 0) is 37.3 Å². The fourth-order valence-corrected chi connectivity index (χ4v) is 3.30. The van der Waals surface area contributed by atoms with Crippen molar-refractivity contribution in [3.8, 4) is 5.69 Å². The quantitative estimate of drug-likeness (QED) is 0.783. The minimum Gasteiger partial charge on any atom is -0.285 e.